The molecule has 2 aromatic carbocycles. The molecule has 0 amide bonds. The molecule has 3 aromatic rings. The van der Waals surface area contributed by atoms with E-state index in [-0.39, 0.29) is 17.0 Å². The zero-order valence-electron chi connectivity index (χ0n) is 15.9. The first kappa shape index (κ1) is 18.9. The van der Waals surface area contributed by atoms with Crippen LogP contribution >= 0.6 is 11.3 Å². The Balaban J connectivity index is 1.53. The van der Waals surface area contributed by atoms with E-state index in [9.17, 15) is 4.39 Å². The number of anilines is 1. The number of thiazole rings is 1. The molecule has 2 N–H and O–H groups in total. The van der Waals surface area contributed by atoms with E-state index in [4.69, 9.17) is 10.5 Å². The SMILES string of the molecule is COc1ccc(CN2CCC(c3ccccc3)(c3csc(N)n3)CC2)cc1F. The molecule has 1 aliphatic heterocycles. The lowest BCUT2D eigenvalue weighted by molar-refractivity contribution is 0.170. The number of rotatable bonds is 5. The third kappa shape index (κ3) is 3.62. The van der Waals surface area contributed by atoms with Crippen molar-refractivity contribution < 1.29 is 9.13 Å². The maximum absolute atomic E-state index is 14.0. The zero-order chi connectivity index (χ0) is 19.6. The number of piperidine rings is 1. The fourth-order valence-corrected chi connectivity index (χ4v) is 4.78. The molecule has 0 atom stereocenters. The summed E-state index contributed by atoms with van der Waals surface area (Å²) in [7, 11) is 1.48. The van der Waals surface area contributed by atoms with E-state index in [1.54, 1.807) is 12.1 Å². The predicted octanol–water partition coefficient (Wildman–Crippen LogP) is 4.46. The molecule has 28 heavy (non-hydrogen) atoms. The maximum atomic E-state index is 14.0. The van der Waals surface area contributed by atoms with Crippen molar-refractivity contribution in [2.24, 2.45) is 0 Å². The molecule has 1 aromatic heterocycles. The largest absolute Gasteiger partial charge is 0.494 e. The normalized spacial score (nSPS) is 16.8. The van der Waals surface area contributed by atoms with Crippen molar-refractivity contribution >= 4 is 16.5 Å². The van der Waals surface area contributed by atoms with E-state index >= 15 is 0 Å². The van der Waals surface area contributed by atoms with Gasteiger partial charge >= 0.3 is 0 Å². The standard InChI is InChI=1S/C22H24FN3OS/c1-27-19-8-7-16(13-18(19)23)14-26-11-9-22(10-12-26,17-5-3-2-4-6-17)20-15-28-21(24)25-20/h2-8,13,15H,9-12,14H2,1H3,(H2,24,25). The van der Waals surface area contributed by atoms with Gasteiger partial charge in [0.15, 0.2) is 16.7 Å². The number of halogens is 1. The molecule has 1 aliphatic rings. The molecule has 0 radical (unpaired) electrons. The number of likely N-dealkylation sites (tertiary alicyclic amines) is 1. The van der Waals surface area contributed by atoms with Crippen molar-refractivity contribution in [2.45, 2.75) is 24.8 Å². The molecular weight excluding hydrogens is 373 g/mol. The molecule has 1 fully saturated rings. The Labute approximate surface area is 168 Å². The van der Waals surface area contributed by atoms with E-state index in [0.717, 1.165) is 43.7 Å². The minimum Gasteiger partial charge on any atom is -0.494 e. The van der Waals surface area contributed by atoms with E-state index in [0.29, 0.717) is 5.13 Å². The number of aromatic nitrogens is 1. The van der Waals surface area contributed by atoms with Crippen LogP contribution in [0, 0.1) is 5.82 Å². The van der Waals surface area contributed by atoms with Gasteiger partial charge in [-0.25, -0.2) is 9.37 Å². The van der Waals surface area contributed by atoms with Crippen LogP contribution in [-0.4, -0.2) is 30.1 Å². The summed E-state index contributed by atoms with van der Waals surface area (Å²) in [6, 6.07) is 15.8. The van der Waals surface area contributed by atoms with Crippen LogP contribution in [0.5, 0.6) is 5.75 Å². The highest BCUT2D eigenvalue weighted by Crippen LogP contribution is 2.42. The summed E-state index contributed by atoms with van der Waals surface area (Å²) in [5.74, 6) is -0.0276. The monoisotopic (exact) mass is 397 g/mol. The number of ether oxygens (including phenoxy) is 1. The van der Waals surface area contributed by atoms with Gasteiger partial charge in [-0.2, -0.15) is 0 Å². The van der Waals surface area contributed by atoms with E-state index in [1.807, 2.05) is 12.1 Å². The lowest BCUT2D eigenvalue weighted by Gasteiger charge is -2.41. The van der Waals surface area contributed by atoms with Gasteiger partial charge < -0.3 is 10.5 Å². The molecule has 0 unspecified atom stereocenters. The Morgan fingerprint density at radius 1 is 1.18 bits per heavy atom. The molecule has 4 rings (SSSR count). The van der Waals surface area contributed by atoms with Gasteiger partial charge in [0, 0.05) is 17.3 Å². The van der Waals surface area contributed by atoms with Crippen molar-refractivity contribution in [1.82, 2.24) is 9.88 Å². The lowest BCUT2D eigenvalue weighted by atomic mass is 9.70. The Morgan fingerprint density at radius 2 is 1.93 bits per heavy atom. The maximum Gasteiger partial charge on any atom is 0.180 e. The van der Waals surface area contributed by atoms with Gasteiger partial charge in [-0.05, 0) is 49.2 Å². The van der Waals surface area contributed by atoms with Gasteiger partial charge in [-0.1, -0.05) is 36.4 Å². The Hall–Kier alpha value is -2.44. The number of nitrogens with zero attached hydrogens (tertiary/aromatic N) is 2. The van der Waals surface area contributed by atoms with Crippen LogP contribution in [0.3, 0.4) is 0 Å². The summed E-state index contributed by atoms with van der Waals surface area (Å²) in [5.41, 5.74) is 9.14. The van der Waals surface area contributed by atoms with Crippen LogP contribution in [-0.2, 0) is 12.0 Å². The van der Waals surface area contributed by atoms with Gasteiger partial charge in [0.25, 0.3) is 0 Å². The number of nitrogens with two attached hydrogens (primary N) is 1. The van der Waals surface area contributed by atoms with Crippen LogP contribution in [0.2, 0.25) is 0 Å². The molecule has 0 saturated carbocycles. The molecule has 146 valence electrons. The Kier molecular flexibility index (Phi) is 5.33. The number of hydrogen-bond donors (Lipinski definition) is 1. The number of methoxy groups -OCH3 is 1. The van der Waals surface area contributed by atoms with Crippen molar-refractivity contribution in [1.29, 1.82) is 0 Å². The molecule has 0 aliphatic carbocycles. The zero-order valence-corrected chi connectivity index (χ0v) is 16.7. The minimum absolute atomic E-state index is 0.114. The van der Waals surface area contributed by atoms with Gasteiger partial charge in [0.1, 0.15) is 0 Å². The van der Waals surface area contributed by atoms with Crippen LogP contribution in [0.1, 0.15) is 29.7 Å². The Morgan fingerprint density at radius 3 is 2.54 bits per heavy atom. The fourth-order valence-electron chi connectivity index (χ4n) is 4.12. The van der Waals surface area contributed by atoms with Crippen molar-refractivity contribution in [3.63, 3.8) is 0 Å². The molecular formula is C22H24FN3OS. The van der Waals surface area contributed by atoms with Crippen LogP contribution in [0.4, 0.5) is 9.52 Å². The van der Waals surface area contributed by atoms with Crippen molar-refractivity contribution in [2.75, 3.05) is 25.9 Å². The lowest BCUT2D eigenvalue weighted by Crippen LogP contribution is -2.43. The van der Waals surface area contributed by atoms with Crippen molar-refractivity contribution in [3.05, 3.63) is 76.5 Å². The first-order valence-corrected chi connectivity index (χ1v) is 10.3. The molecule has 2 heterocycles. The average molecular weight is 398 g/mol. The van der Waals surface area contributed by atoms with Crippen LogP contribution in [0.15, 0.2) is 53.9 Å². The number of nitrogen functional groups attached to an aromatic ring is 1. The minimum atomic E-state index is -0.311. The first-order valence-electron chi connectivity index (χ1n) is 9.42. The second-order valence-corrected chi connectivity index (χ2v) is 8.15. The second-order valence-electron chi connectivity index (χ2n) is 7.26. The third-order valence-corrected chi connectivity index (χ3v) is 6.34. The Bertz CT molecular complexity index is 936. The second kappa shape index (κ2) is 7.89. The summed E-state index contributed by atoms with van der Waals surface area (Å²) in [5, 5.41) is 2.71. The summed E-state index contributed by atoms with van der Waals surface area (Å²) in [6.07, 6.45) is 1.91. The summed E-state index contributed by atoms with van der Waals surface area (Å²) >= 11 is 1.50. The highest BCUT2D eigenvalue weighted by Gasteiger charge is 2.39. The number of benzene rings is 2. The predicted molar refractivity (Wildman–Crippen MR) is 111 cm³/mol. The van der Waals surface area contributed by atoms with E-state index in [2.05, 4.69) is 39.5 Å². The molecule has 0 spiro atoms. The first-order chi connectivity index (χ1) is 13.6. The molecule has 4 nitrogen and oxygen atoms in total. The van der Waals surface area contributed by atoms with Gasteiger partial charge in [0.2, 0.25) is 0 Å². The molecule has 6 heteroatoms. The van der Waals surface area contributed by atoms with E-state index in [1.165, 1.54) is 24.0 Å². The quantitative estimate of drug-likeness (QED) is 0.691. The fraction of sp³-hybridized carbons (Fsp3) is 0.318. The topological polar surface area (TPSA) is 51.4 Å². The molecule has 1 saturated heterocycles. The van der Waals surface area contributed by atoms with Crippen molar-refractivity contribution in [3.8, 4) is 5.75 Å². The van der Waals surface area contributed by atoms with Crippen LogP contribution in [0.25, 0.3) is 0 Å². The smallest absolute Gasteiger partial charge is 0.180 e. The molecule has 0 bridgehead atoms. The number of hydrogen-bond acceptors (Lipinski definition) is 5. The highest BCUT2D eigenvalue weighted by molar-refractivity contribution is 7.13. The highest BCUT2D eigenvalue weighted by atomic mass is 32.1. The van der Waals surface area contributed by atoms with Crippen LogP contribution < -0.4 is 10.5 Å². The summed E-state index contributed by atoms with van der Waals surface area (Å²) in [6.45, 7) is 2.56. The summed E-state index contributed by atoms with van der Waals surface area (Å²) < 4.78 is 19.0. The van der Waals surface area contributed by atoms with E-state index < -0.39 is 0 Å². The average Bonchev–Trinajstić information content (AvgIpc) is 3.16. The van der Waals surface area contributed by atoms with Gasteiger partial charge in [-0.3, -0.25) is 4.90 Å². The summed E-state index contributed by atoms with van der Waals surface area (Å²) in [4.78, 5) is 7.01. The third-order valence-electron chi connectivity index (χ3n) is 5.67. The van der Waals surface area contributed by atoms with Gasteiger partial charge in [-0.15, -0.1) is 11.3 Å². The van der Waals surface area contributed by atoms with Gasteiger partial charge in [0.05, 0.1) is 12.8 Å².